The Morgan fingerprint density at radius 2 is 2.15 bits per heavy atom. The minimum atomic E-state index is 0.447. The highest BCUT2D eigenvalue weighted by Crippen LogP contribution is 2.20. The maximum absolute atomic E-state index is 4.47. The van der Waals surface area contributed by atoms with E-state index in [0.29, 0.717) is 12.0 Å². The average molecular weight is 199 g/mol. The van der Waals surface area contributed by atoms with Crippen LogP contribution in [0.2, 0.25) is 0 Å². The van der Waals surface area contributed by atoms with Crippen LogP contribution in [0.5, 0.6) is 0 Å². The predicted molar refractivity (Wildman–Crippen MR) is 56.2 cm³/mol. The molecule has 0 radical (unpaired) electrons. The molecule has 0 aliphatic rings. The fraction of sp³-hybridized carbons (Fsp3) is 0.778. The Hall–Kier alpha value is -0.480. The van der Waals surface area contributed by atoms with Gasteiger partial charge in [-0.05, 0) is 25.5 Å². The van der Waals surface area contributed by atoms with E-state index in [0.717, 1.165) is 17.3 Å². The van der Waals surface area contributed by atoms with Crippen LogP contribution < -0.4 is 5.32 Å². The summed E-state index contributed by atoms with van der Waals surface area (Å²) in [7, 11) is 1.98. The second kappa shape index (κ2) is 4.67. The molecule has 0 saturated carbocycles. The van der Waals surface area contributed by atoms with Crippen LogP contribution in [0.25, 0.3) is 0 Å². The van der Waals surface area contributed by atoms with E-state index < -0.39 is 0 Å². The van der Waals surface area contributed by atoms with Gasteiger partial charge in [0.1, 0.15) is 10.8 Å². The third-order valence-corrected chi connectivity index (χ3v) is 3.35. The number of aromatic nitrogens is 2. The second-order valence-electron chi connectivity index (χ2n) is 3.27. The van der Waals surface area contributed by atoms with E-state index in [9.17, 15) is 0 Å². The largest absolute Gasteiger partial charge is 0.317 e. The Morgan fingerprint density at radius 3 is 2.62 bits per heavy atom. The number of hydrogen-bond donors (Lipinski definition) is 1. The number of likely N-dealkylation sites (N-methyl/N-ethyl adjacent to an activating group) is 1. The molecule has 74 valence electrons. The van der Waals surface area contributed by atoms with Crippen molar-refractivity contribution in [2.75, 3.05) is 7.05 Å². The molecule has 2 unspecified atom stereocenters. The van der Waals surface area contributed by atoms with Gasteiger partial charge in [0, 0.05) is 18.4 Å². The van der Waals surface area contributed by atoms with Gasteiger partial charge in [-0.1, -0.05) is 13.8 Å². The molecule has 0 bridgehead atoms. The highest BCUT2D eigenvalue weighted by Gasteiger charge is 2.16. The zero-order valence-corrected chi connectivity index (χ0v) is 9.48. The number of nitrogens with one attached hydrogen (secondary N) is 1. The summed E-state index contributed by atoms with van der Waals surface area (Å²) in [5, 5.41) is 4.37. The zero-order chi connectivity index (χ0) is 9.84. The van der Waals surface area contributed by atoms with Gasteiger partial charge < -0.3 is 5.32 Å². The summed E-state index contributed by atoms with van der Waals surface area (Å²) >= 11 is 1.52. The molecule has 0 aliphatic heterocycles. The van der Waals surface area contributed by atoms with E-state index in [-0.39, 0.29) is 0 Å². The van der Waals surface area contributed by atoms with Crippen LogP contribution in [-0.2, 0) is 6.42 Å². The third-order valence-electron chi connectivity index (χ3n) is 2.39. The molecule has 0 fully saturated rings. The Morgan fingerprint density at radius 1 is 1.46 bits per heavy atom. The molecule has 1 heterocycles. The summed E-state index contributed by atoms with van der Waals surface area (Å²) in [6.07, 6.45) is 0.928. The smallest absolute Gasteiger partial charge is 0.142 e. The van der Waals surface area contributed by atoms with Crippen LogP contribution >= 0.6 is 11.5 Å². The van der Waals surface area contributed by atoms with Gasteiger partial charge >= 0.3 is 0 Å². The summed E-state index contributed by atoms with van der Waals surface area (Å²) in [6, 6.07) is 0.456. The van der Waals surface area contributed by atoms with Crippen molar-refractivity contribution in [3.8, 4) is 0 Å². The Balaban J connectivity index is 2.70. The first kappa shape index (κ1) is 10.6. The molecule has 1 aromatic rings. The summed E-state index contributed by atoms with van der Waals surface area (Å²) in [5.41, 5.74) is 0. The van der Waals surface area contributed by atoms with Crippen molar-refractivity contribution in [2.24, 2.45) is 0 Å². The van der Waals surface area contributed by atoms with Crippen molar-refractivity contribution in [3.63, 3.8) is 0 Å². The maximum atomic E-state index is 4.47. The van der Waals surface area contributed by atoms with Gasteiger partial charge in [0.25, 0.3) is 0 Å². The van der Waals surface area contributed by atoms with Gasteiger partial charge in [0.15, 0.2) is 0 Å². The molecule has 0 aliphatic carbocycles. The molecule has 1 N–H and O–H groups in total. The van der Waals surface area contributed by atoms with E-state index in [4.69, 9.17) is 0 Å². The highest BCUT2D eigenvalue weighted by atomic mass is 32.1. The van der Waals surface area contributed by atoms with E-state index in [2.05, 4.69) is 35.4 Å². The van der Waals surface area contributed by atoms with Gasteiger partial charge in [-0.3, -0.25) is 0 Å². The number of rotatable bonds is 4. The van der Waals surface area contributed by atoms with Gasteiger partial charge in [0.2, 0.25) is 0 Å². The van der Waals surface area contributed by atoms with Crippen molar-refractivity contribution >= 4 is 11.5 Å². The second-order valence-corrected chi connectivity index (χ2v) is 4.05. The average Bonchev–Trinajstić information content (AvgIpc) is 2.63. The molecular formula is C9H17N3S. The summed E-state index contributed by atoms with van der Waals surface area (Å²) in [5.74, 6) is 1.41. The first-order chi connectivity index (χ1) is 6.19. The molecule has 0 amide bonds. The Kier molecular flexibility index (Phi) is 3.81. The molecule has 0 aromatic carbocycles. The number of nitrogens with zero attached hydrogens (tertiary/aromatic N) is 2. The summed E-state index contributed by atoms with van der Waals surface area (Å²) < 4.78 is 4.28. The van der Waals surface area contributed by atoms with Crippen molar-refractivity contribution < 1.29 is 0 Å². The zero-order valence-electron chi connectivity index (χ0n) is 8.66. The third kappa shape index (κ3) is 2.48. The summed E-state index contributed by atoms with van der Waals surface area (Å²) in [4.78, 5) is 4.47. The van der Waals surface area contributed by atoms with E-state index >= 15 is 0 Å². The van der Waals surface area contributed by atoms with E-state index in [1.54, 1.807) is 0 Å². The van der Waals surface area contributed by atoms with Crippen LogP contribution in [0.1, 0.15) is 37.5 Å². The van der Waals surface area contributed by atoms with Gasteiger partial charge in [0.05, 0.1) is 0 Å². The molecule has 1 rings (SSSR count). The number of aryl methyl sites for hydroxylation is 1. The lowest BCUT2D eigenvalue weighted by Crippen LogP contribution is -2.27. The Labute approximate surface area is 83.8 Å². The quantitative estimate of drug-likeness (QED) is 0.803. The van der Waals surface area contributed by atoms with Crippen molar-refractivity contribution in [2.45, 2.75) is 39.2 Å². The molecule has 4 heteroatoms. The SMILES string of the molecule is CCc1nsc(C(C)C(C)NC)n1. The fourth-order valence-corrected chi connectivity index (χ4v) is 1.95. The Bertz CT molecular complexity index is 259. The normalized spacial score (nSPS) is 15.7. The molecule has 0 spiro atoms. The minimum absolute atomic E-state index is 0.447. The first-order valence-corrected chi connectivity index (χ1v) is 5.46. The lowest BCUT2D eigenvalue weighted by Gasteiger charge is -2.15. The van der Waals surface area contributed by atoms with Gasteiger partial charge in [-0.15, -0.1) is 0 Å². The predicted octanol–water partition coefficient (Wildman–Crippen LogP) is 1.81. The lowest BCUT2D eigenvalue weighted by atomic mass is 10.1. The monoisotopic (exact) mass is 199 g/mol. The summed E-state index contributed by atoms with van der Waals surface area (Å²) in [6.45, 7) is 6.43. The van der Waals surface area contributed by atoms with Gasteiger partial charge in [-0.2, -0.15) is 4.37 Å². The molecule has 1 aromatic heterocycles. The topological polar surface area (TPSA) is 37.8 Å². The van der Waals surface area contributed by atoms with E-state index in [1.807, 2.05) is 7.05 Å². The lowest BCUT2D eigenvalue weighted by molar-refractivity contribution is 0.521. The molecule has 2 atom stereocenters. The highest BCUT2D eigenvalue weighted by molar-refractivity contribution is 7.05. The van der Waals surface area contributed by atoms with Crippen molar-refractivity contribution in [1.82, 2.24) is 14.7 Å². The molecule has 3 nitrogen and oxygen atoms in total. The number of hydrogen-bond acceptors (Lipinski definition) is 4. The van der Waals surface area contributed by atoms with Crippen LogP contribution in [0.4, 0.5) is 0 Å². The molecule has 13 heavy (non-hydrogen) atoms. The van der Waals surface area contributed by atoms with Crippen molar-refractivity contribution in [1.29, 1.82) is 0 Å². The minimum Gasteiger partial charge on any atom is -0.317 e. The maximum Gasteiger partial charge on any atom is 0.142 e. The van der Waals surface area contributed by atoms with Crippen molar-refractivity contribution in [3.05, 3.63) is 10.8 Å². The molecule has 0 saturated heterocycles. The standard InChI is InChI=1S/C9H17N3S/c1-5-8-11-9(13-12-8)6(2)7(3)10-4/h6-7,10H,5H2,1-4H3. The fourth-order valence-electron chi connectivity index (χ4n) is 1.06. The molecular weight excluding hydrogens is 182 g/mol. The van der Waals surface area contributed by atoms with Crippen LogP contribution in [0.15, 0.2) is 0 Å². The van der Waals surface area contributed by atoms with Gasteiger partial charge in [-0.25, -0.2) is 4.98 Å². The van der Waals surface area contributed by atoms with Crippen LogP contribution in [0.3, 0.4) is 0 Å². The van der Waals surface area contributed by atoms with Crippen LogP contribution in [-0.4, -0.2) is 22.4 Å². The first-order valence-electron chi connectivity index (χ1n) is 4.68. The van der Waals surface area contributed by atoms with E-state index in [1.165, 1.54) is 11.5 Å². The van der Waals surface area contributed by atoms with Crippen LogP contribution in [0, 0.1) is 0 Å².